The lowest BCUT2D eigenvalue weighted by Crippen LogP contribution is -2.36. The van der Waals surface area contributed by atoms with Crippen LogP contribution < -0.4 is 10.2 Å². The maximum atomic E-state index is 8.77. The summed E-state index contributed by atoms with van der Waals surface area (Å²) in [7, 11) is 0. The molecule has 1 fully saturated rings. The summed E-state index contributed by atoms with van der Waals surface area (Å²) in [5.41, 5.74) is 2.43. The summed E-state index contributed by atoms with van der Waals surface area (Å²) in [6.45, 7) is 4.69. The van der Waals surface area contributed by atoms with Crippen molar-refractivity contribution in [2.24, 2.45) is 0 Å². The van der Waals surface area contributed by atoms with E-state index in [2.05, 4.69) is 34.5 Å². The SMILES string of the molecule is OCCCCNc1ccccc1N1CCOCC1. The molecule has 100 valence electrons. The summed E-state index contributed by atoms with van der Waals surface area (Å²) in [4.78, 5) is 2.36. The number of para-hydroxylation sites is 2. The Kier molecular flexibility index (Phi) is 5.30. The average molecular weight is 250 g/mol. The molecule has 0 radical (unpaired) electrons. The van der Waals surface area contributed by atoms with Gasteiger partial charge in [0.25, 0.3) is 0 Å². The molecule has 0 atom stereocenters. The van der Waals surface area contributed by atoms with Crippen molar-refractivity contribution < 1.29 is 9.84 Å². The topological polar surface area (TPSA) is 44.7 Å². The molecule has 0 saturated carbocycles. The molecule has 0 spiro atoms. The number of aliphatic hydroxyl groups excluding tert-OH is 1. The number of nitrogens with one attached hydrogen (secondary N) is 1. The number of benzene rings is 1. The molecular formula is C14H22N2O2. The smallest absolute Gasteiger partial charge is 0.0642 e. The maximum absolute atomic E-state index is 8.77. The van der Waals surface area contributed by atoms with Crippen molar-refractivity contribution >= 4 is 11.4 Å². The number of nitrogens with zero attached hydrogens (tertiary/aromatic N) is 1. The van der Waals surface area contributed by atoms with Gasteiger partial charge in [0, 0.05) is 26.2 Å². The van der Waals surface area contributed by atoms with Gasteiger partial charge in [0.15, 0.2) is 0 Å². The van der Waals surface area contributed by atoms with E-state index >= 15 is 0 Å². The van der Waals surface area contributed by atoms with Crippen LogP contribution in [0.4, 0.5) is 11.4 Å². The zero-order valence-corrected chi connectivity index (χ0v) is 10.8. The predicted octanol–water partition coefficient (Wildman–Crippen LogP) is 1.71. The molecule has 2 rings (SSSR count). The third-order valence-corrected chi connectivity index (χ3v) is 3.16. The molecule has 0 aromatic heterocycles. The van der Waals surface area contributed by atoms with Gasteiger partial charge in [0.05, 0.1) is 24.6 Å². The quantitative estimate of drug-likeness (QED) is 0.754. The summed E-state index contributed by atoms with van der Waals surface area (Å²) < 4.78 is 5.38. The van der Waals surface area contributed by atoms with Crippen LogP contribution in [-0.2, 0) is 4.74 Å². The fraction of sp³-hybridized carbons (Fsp3) is 0.571. The zero-order valence-electron chi connectivity index (χ0n) is 10.8. The zero-order chi connectivity index (χ0) is 12.6. The van der Waals surface area contributed by atoms with Gasteiger partial charge in [-0.3, -0.25) is 0 Å². The summed E-state index contributed by atoms with van der Waals surface area (Å²) in [6, 6.07) is 8.39. The van der Waals surface area contributed by atoms with Crippen LogP contribution in [-0.4, -0.2) is 44.6 Å². The van der Waals surface area contributed by atoms with Gasteiger partial charge in [-0.1, -0.05) is 12.1 Å². The first kappa shape index (κ1) is 13.2. The lowest BCUT2D eigenvalue weighted by Gasteiger charge is -2.30. The molecule has 1 heterocycles. The second kappa shape index (κ2) is 7.24. The Morgan fingerprint density at radius 2 is 1.94 bits per heavy atom. The molecule has 0 amide bonds. The highest BCUT2D eigenvalue weighted by Crippen LogP contribution is 2.26. The fourth-order valence-electron chi connectivity index (χ4n) is 2.16. The minimum Gasteiger partial charge on any atom is -0.396 e. The van der Waals surface area contributed by atoms with E-state index in [1.807, 2.05) is 0 Å². The van der Waals surface area contributed by atoms with Crippen molar-refractivity contribution in [1.29, 1.82) is 0 Å². The van der Waals surface area contributed by atoms with E-state index in [9.17, 15) is 0 Å². The molecular weight excluding hydrogens is 228 g/mol. The van der Waals surface area contributed by atoms with Crippen LogP contribution in [0.3, 0.4) is 0 Å². The van der Waals surface area contributed by atoms with Crippen molar-refractivity contribution in [3.63, 3.8) is 0 Å². The summed E-state index contributed by atoms with van der Waals surface area (Å²) in [6.07, 6.45) is 1.85. The van der Waals surface area contributed by atoms with Gasteiger partial charge < -0.3 is 20.1 Å². The van der Waals surface area contributed by atoms with E-state index in [0.717, 1.165) is 45.7 Å². The highest BCUT2D eigenvalue weighted by Gasteiger charge is 2.13. The van der Waals surface area contributed by atoms with Crippen molar-refractivity contribution in [2.45, 2.75) is 12.8 Å². The average Bonchev–Trinajstić information content (AvgIpc) is 2.45. The van der Waals surface area contributed by atoms with Crippen LogP contribution in [0.1, 0.15) is 12.8 Å². The molecule has 1 aromatic carbocycles. The first-order valence-corrected chi connectivity index (χ1v) is 6.68. The summed E-state index contributed by atoms with van der Waals surface area (Å²) >= 11 is 0. The molecule has 4 heteroatoms. The predicted molar refractivity (Wildman–Crippen MR) is 74.3 cm³/mol. The van der Waals surface area contributed by atoms with Crippen molar-refractivity contribution in [1.82, 2.24) is 0 Å². The van der Waals surface area contributed by atoms with Crippen molar-refractivity contribution in [3.05, 3.63) is 24.3 Å². The largest absolute Gasteiger partial charge is 0.396 e. The Balaban J connectivity index is 1.96. The van der Waals surface area contributed by atoms with Crippen LogP contribution in [0, 0.1) is 0 Å². The molecule has 1 aromatic rings. The minimum absolute atomic E-state index is 0.271. The molecule has 1 aliphatic rings. The summed E-state index contributed by atoms with van der Waals surface area (Å²) in [5, 5.41) is 12.2. The van der Waals surface area contributed by atoms with Crippen LogP contribution >= 0.6 is 0 Å². The number of hydrogen-bond donors (Lipinski definition) is 2. The van der Waals surface area contributed by atoms with Gasteiger partial charge in [-0.05, 0) is 25.0 Å². The van der Waals surface area contributed by atoms with E-state index in [1.165, 1.54) is 11.4 Å². The van der Waals surface area contributed by atoms with E-state index in [1.54, 1.807) is 0 Å². The Labute approximate surface area is 109 Å². The molecule has 18 heavy (non-hydrogen) atoms. The molecule has 1 aliphatic heterocycles. The standard InChI is InChI=1S/C14H22N2O2/c17-10-4-3-7-15-13-5-1-2-6-14(13)16-8-11-18-12-9-16/h1-2,5-6,15,17H,3-4,7-12H2. The third-order valence-electron chi connectivity index (χ3n) is 3.16. The number of morpholine rings is 1. The lowest BCUT2D eigenvalue weighted by molar-refractivity contribution is 0.123. The Morgan fingerprint density at radius 1 is 1.17 bits per heavy atom. The monoisotopic (exact) mass is 250 g/mol. The number of anilines is 2. The lowest BCUT2D eigenvalue weighted by atomic mass is 10.2. The Hall–Kier alpha value is -1.26. The third kappa shape index (κ3) is 3.62. The Morgan fingerprint density at radius 3 is 2.72 bits per heavy atom. The maximum Gasteiger partial charge on any atom is 0.0642 e. The normalized spacial score (nSPS) is 15.7. The molecule has 0 unspecified atom stereocenters. The van der Waals surface area contributed by atoms with Crippen molar-refractivity contribution in [2.75, 3.05) is 49.7 Å². The number of aliphatic hydroxyl groups is 1. The molecule has 0 bridgehead atoms. The first-order chi connectivity index (χ1) is 8.92. The van der Waals surface area contributed by atoms with Crippen LogP contribution in [0.2, 0.25) is 0 Å². The second-order valence-electron chi connectivity index (χ2n) is 4.47. The highest BCUT2D eigenvalue weighted by atomic mass is 16.5. The number of ether oxygens (including phenoxy) is 1. The molecule has 4 nitrogen and oxygen atoms in total. The molecule has 2 N–H and O–H groups in total. The number of unbranched alkanes of at least 4 members (excludes halogenated alkanes) is 1. The van der Waals surface area contributed by atoms with Gasteiger partial charge in [0.1, 0.15) is 0 Å². The van der Waals surface area contributed by atoms with E-state index < -0.39 is 0 Å². The summed E-state index contributed by atoms with van der Waals surface area (Å²) in [5.74, 6) is 0. The molecule has 1 saturated heterocycles. The highest BCUT2D eigenvalue weighted by molar-refractivity contribution is 5.70. The molecule has 0 aliphatic carbocycles. The minimum atomic E-state index is 0.271. The van der Waals surface area contributed by atoms with Crippen LogP contribution in [0.5, 0.6) is 0 Å². The van der Waals surface area contributed by atoms with Gasteiger partial charge in [0.2, 0.25) is 0 Å². The van der Waals surface area contributed by atoms with Crippen molar-refractivity contribution in [3.8, 4) is 0 Å². The second-order valence-corrected chi connectivity index (χ2v) is 4.47. The number of rotatable bonds is 6. The van der Waals surface area contributed by atoms with Crippen LogP contribution in [0.25, 0.3) is 0 Å². The van der Waals surface area contributed by atoms with Gasteiger partial charge in [-0.15, -0.1) is 0 Å². The fourth-order valence-corrected chi connectivity index (χ4v) is 2.16. The van der Waals surface area contributed by atoms with Crippen LogP contribution in [0.15, 0.2) is 24.3 Å². The Bertz CT molecular complexity index is 351. The van der Waals surface area contributed by atoms with Gasteiger partial charge in [-0.25, -0.2) is 0 Å². The van der Waals surface area contributed by atoms with E-state index in [4.69, 9.17) is 9.84 Å². The van der Waals surface area contributed by atoms with E-state index in [0.29, 0.717) is 0 Å². The van der Waals surface area contributed by atoms with E-state index in [-0.39, 0.29) is 6.61 Å². The first-order valence-electron chi connectivity index (χ1n) is 6.68. The number of hydrogen-bond acceptors (Lipinski definition) is 4. The van der Waals surface area contributed by atoms with Gasteiger partial charge >= 0.3 is 0 Å². The van der Waals surface area contributed by atoms with Gasteiger partial charge in [-0.2, -0.15) is 0 Å².